The van der Waals surface area contributed by atoms with Crippen LogP contribution < -0.4 is 5.32 Å². The van der Waals surface area contributed by atoms with Crippen LogP contribution in [0.4, 0.5) is 10.1 Å². The molecule has 1 aromatic carbocycles. The summed E-state index contributed by atoms with van der Waals surface area (Å²) >= 11 is 5.63. The molecule has 0 aliphatic carbocycles. The van der Waals surface area contributed by atoms with Crippen molar-refractivity contribution in [2.45, 2.75) is 6.10 Å². The smallest absolute Gasteiger partial charge is 0.164 e. The zero-order chi connectivity index (χ0) is 12.3. The van der Waals surface area contributed by atoms with Crippen molar-refractivity contribution in [3.05, 3.63) is 53.2 Å². The van der Waals surface area contributed by atoms with Crippen LogP contribution in [-0.2, 0) is 0 Å². The van der Waals surface area contributed by atoms with Gasteiger partial charge in [0.1, 0.15) is 11.9 Å². The quantitative estimate of drug-likeness (QED) is 0.882. The third-order valence-corrected chi connectivity index (χ3v) is 2.60. The number of hydrogen-bond acceptors (Lipinski definition) is 3. The zero-order valence-corrected chi connectivity index (χ0v) is 9.62. The van der Waals surface area contributed by atoms with E-state index in [4.69, 9.17) is 16.0 Å². The fraction of sp³-hybridized carbons (Fsp3) is 0.167. The Balaban J connectivity index is 2.00. The third kappa shape index (κ3) is 2.78. The Bertz CT molecular complexity index is 487. The number of furan rings is 1. The molecule has 0 aliphatic rings. The van der Waals surface area contributed by atoms with Crippen LogP contribution >= 0.6 is 11.6 Å². The van der Waals surface area contributed by atoms with Crippen molar-refractivity contribution < 1.29 is 13.9 Å². The lowest BCUT2D eigenvalue weighted by Crippen LogP contribution is -2.12. The molecule has 0 amide bonds. The molecular formula is C12H11ClFNO2. The zero-order valence-electron chi connectivity index (χ0n) is 8.86. The lowest BCUT2D eigenvalue weighted by Gasteiger charge is -2.11. The van der Waals surface area contributed by atoms with Crippen LogP contribution in [0.2, 0.25) is 5.02 Å². The molecule has 1 aromatic heterocycles. The molecule has 0 saturated carbocycles. The molecule has 0 aliphatic heterocycles. The largest absolute Gasteiger partial charge is 0.467 e. The Kier molecular flexibility index (Phi) is 3.66. The van der Waals surface area contributed by atoms with E-state index in [0.29, 0.717) is 5.76 Å². The monoisotopic (exact) mass is 255 g/mol. The summed E-state index contributed by atoms with van der Waals surface area (Å²) in [7, 11) is 0. The third-order valence-electron chi connectivity index (χ3n) is 2.31. The van der Waals surface area contributed by atoms with Gasteiger partial charge in [-0.1, -0.05) is 17.7 Å². The van der Waals surface area contributed by atoms with Crippen molar-refractivity contribution in [3.8, 4) is 0 Å². The Labute approximate surface area is 103 Å². The predicted octanol–water partition coefficient (Wildman–Crippen LogP) is 3.22. The number of benzene rings is 1. The molecule has 2 aromatic rings. The normalized spacial score (nSPS) is 12.4. The number of aliphatic hydroxyl groups is 1. The van der Waals surface area contributed by atoms with Crippen LogP contribution in [0.15, 0.2) is 41.0 Å². The highest BCUT2D eigenvalue weighted by atomic mass is 35.5. The van der Waals surface area contributed by atoms with E-state index in [1.807, 2.05) is 0 Å². The average Bonchev–Trinajstić information content (AvgIpc) is 2.84. The highest BCUT2D eigenvalue weighted by Gasteiger charge is 2.12. The number of hydrogen-bond donors (Lipinski definition) is 2. The number of halogens is 2. The molecule has 90 valence electrons. The molecule has 5 heteroatoms. The summed E-state index contributed by atoms with van der Waals surface area (Å²) in [6.45, 7) is 0.144. The Morgan fingerprint density at radius 2 is 2.18 bits per heavy atom. The Morgan fingerprint density at radius 1 is 1.35 bits per heavy atom. The van der Waals surface area contributed by atoms with E-state index in [0.717, 1.165) is 0 Å². The summed E-state index contributed by atoms with van der Waals surface area (Å²) in [5.74, 6) is -0.0965. The van der Waals surface area contributed by atoms with Crippen LogP contribution in [-0.4, -0.2) is 11.7 Å². The minimum Gasteiger partial charge on any atom is -0.467 e. The summed E-state index contributed by atoms with van der Waals surface area (Å²) in [6, 6.07) is 7.98. The maximum absolute atomic E-state index is 13.5. The summed E-state index contributed by atoms with van der Waals surface area (Å²) < 4.78 is 18.5. The SMILES string of the molecule is OC(CNc1cccc(Cl)c1F)c1ccco1. The van der Waals surface area contributed by atoms with E-state index >= 15 is 0 Å². The van der Waals surface area contributed by atoms with Gasteiger partial charge < -0.3 is 14.8 Å². The van der Waals surface area contributed by atoms with Crippen molar-refractivity contribution in [2.75, 3.05) is 11.9 Å². The lowest BCUT2D eigenvalue weighted by atomic mass is 10.2. The van der Waals surface area contributed by atoms with E-state index in [1.54, 1.807) is 24.3 Å². The fourth-order valence-electron chi connectivity index (χ4n) is 1.43. The Hall–Kier alpha value is -1.52. The van der Waals surface area contributed by atoms with Gasteiger partial charge in [0, 0.05) is 6.54 Å². The second-order valence-corrected chi connectivity index (χ2v) is 3.92. The van der Waals surface area contributed by atoms with Crippen molar-refractivity contribution >= 4 is 17.3 Å². The summed E-state index contributed by atoms with van der Waals surface area (Å²) in [4.78, 5) is 0. The molecular weight excluding hydrogens is 245 g/mol. The molecule has 2 rings (SSSR count). The van der Waals surface area contributed by atoms with Gasteiger partial charge in [0.25, 0.3) is 0 Å². The van der Waals surface area contributed by atoms with Gasteiger partial charge in [-0.05, 0) is 24.3 Å². The minimum atomic E-state index is -0.830. The molecule has 1 heterocycles. The molecule has 0 bridgehead atoms. The van der Waals surface area contributed by atoms with Crippen LogP contribution in [0.3, 0.4) is 0 Å². The van der Waals surface area contributed by atoms with Crippen molar-refractivity contribution in [1.29, 1.82) is 0 Å². The number of anilines is 1. The number of aliphatic hydroxyl groups excluding tert-OH is 1. The molecule has 3 nitrogen and oxygen atoms in total. The van der Waals surface area contributed by atoms with Crippen LogP contribution in [0.1, 0.15) is 11.9 Å². The molecule has 0 radical (unpaired) electrons. The molecule has 0 fully saturated rings. The van der Waals surface area contributed by atoms with Crippen molar-refractivity contribution in [2.24, 2.45) is 0 Å². The van der Waals surface area contributed by atoms with Gasteiger partial charge in [-0.15, -0.1) is 0 Å². The molecule has 2 N–H and O–H groups in total. The summed E-state index contributed by atoms with van der Waals surface area (Å²) in [6.07, 6.45) is 0.641. The second-order valence-electron chi connectivity index (χ2n) is 3.51. The van der Waals surface area contributed by atoms with E-state index in [9.17, 15) is 9.50 Å². The fourth-order valence-corrected chi connectivity index (χ4v) is 1.60. The van der Waals surface area contributed by atoms with Gasteiger partial charge in [0.05, 0.1) is 17.0 Å². The first-order valence-corrected chi connectivity index (χ1v) is 5.45. The van der Waals surface area contributed by atoms with Gasteiger partial charge >= 0.3 is 0 Å². The lowest BCUT2D eigenvalue weighted by molar-refractivity contribution is 0.162. The number of rotatable bonds is 4. The summed E-state index contributed by atoms with van der Waals surface area (Å²) in [5, 5.41) is 12.5. The highest BCUT2D eigenvalue weighted by molar-refractivity contribution is 6.31. The van der Waals surface area contributed by atoms with Crippen LogP contribution in [0.25, 0.3) is 0 Å². The maximum Gasteiger partial charge on any atom is 0.164 e. The van der Waals surface area contributed by atoms with Gasteiger partial charge in [-0.3, -0.25) is 0 Å². The van der Waals surface area contributed by atoms with E-state index < -0.39 is 11.9 Å². The van der Waals surface area contributed by atoms with Gasteiger partial charge in [-0.2, -0.15) is 0 Å². The first-order valence-electron chi connectivity index (χ1n) is 5.08. The van der Waals surface area contributed by atoms with Crippen molar-refractivity contribution in [3.63, 3.8) is 0 Å². The van der Waals surface area contributed by atoms with Crippen LogP contribution in [0, 0.1) is 5.82 Å². The highest BCUT2D eigenvalue weighted by Crippen LogP contribution is 2.23. The average molecular weight is 256 g/mol. The Morgan fingerprint density at radius 3 is 2.88 bits per heavy atom. The first kappa shape index (κ1) is 12.0. The van der Waals surface area contributed by atoms with Gasteiger partial charge in [-0.25, -0.2) is 4.39 Å². The molecule has 17 heavy (non-hydrogen) atoms. The standard InChI is InChI=1S/C12H11ClFNO2/c13-8-3-1-4-9(12(8)14)15-7-10(16)11-5-2-6-17-11/h1-6,10,15-16H,7H2. The topological polar surface area (TPSA) is 45.4 Å². The first-order chi connectivity index (χ1) is 8.18. The minimum absolute atomic E-state index is 0.0440. The van der Waals surface area contributed by atoms with Crippen LogP contribution in [0.5, 0.6) is 0 Å². The molecule has 1 atom stereocenters. The molecule has 0 spiro atoms. The molecule has 0 saturated heterocycles. The van der Waals surface area contributed by atoms with E-state index in [-0.39, 0.29) is 17.3 Å². The maximum atomic E-state index is 13.5. The van der Waals surface area contributed by atoms with E-state index in [2.05, 4.69) is 5.32 Å². The van der Waals surface area contributed by atoms with Crippen molar-refractivity contribution in [1.82, 2.24) is 0 Å². The van der Waals surface area contributed by atoms with Gasteiger partial charge in [0.15, 0.2) is 5.82 Å². The van der Waals surface area contributed by atoms with Gasteiger partial charge in [0.2, 0.25) is 0 Å². The molecule has 1 unspecified atom stereocenters. The second kappa shape index (κ2) is 5.21. The summed E-state index contributed by atoms with van der Waals surface area (Å²) in [5.41, 5.74) is 0.253. The van der Waals surface area contributed by atoms with E-state index in [1.165, 1.54) is 12.3 Å². The predicted molar refractivity (Wildman–Crippen MR) is 63.6 cm³/mol. The number of nitrogens with one attached hydrogen (secondary N) is 1.